The lowest BCUT2D eigenvalue weighted by molar-refractivity contribution is 0.117. The molecule has 0 heterocycles. The van der Waals surface area contributed by atoms with E-state index in [9.17, 15) is 17.6 Å². The first-order valence-electron chi connectivity index (χ1n) is 6.48. The van der Waals surface area contributed by atoms with Crippen LogP contribution in [-0.2, 0) is 10.4 Å². The average Bonchev–Trinajstić information content (AvgIpc) is 2.37. The molecule has 0 bridgehead atoms. The molecule has 0 aliphatic heterocycles. The summed E-state index contributed by atoms with van der Waals surface area (Å²) < 4.78 is 50.3. The smallest absolute Gasteiger partial charge is 0.206 e. The van der Waals surface area contributed by atoms with Gasteiger partial charge in [-0.2, -0.15) is 8.78 Å². The molecule has 0 aliphatic carbocycles. The highest BCUT2D eigenvalue weighted by Crippen LogP contribution is 2.39. The number of halogens is 5. The van der Waals surface area contributed by atoms with Gasteiger partial charge in [0.2, 0.25) is 0 Å². The zero-order valence-electron chi connectivity index (χ0n) is 11.3. The Hall–Kier alpha value is -1.11. The van der Waals surface area contributed by atoms with Crippen molar-refractivity contribution in [2.24, 2.45) is 0 Å². The van der Waals surface area contributed by atoms with E-state index in [1.54, 1.807) is 12.1 Å². The van der Waals surface area contributed by atoms with Gasteiger partial charge in [-0.25, -0.2) is 8.78 Å². The highest BCUT2D eigenvalue weighted by molar-refractivity contribution is 14.1. The zero-order chi connectivity index (χ0) is 15.6. The normalized spacial score (nSPS) is 11.7. The summed E-state index contributed by atoms with van der Waals surface area (Å²) in [5, 5.41) is 0. The molecule has 0 fully saturated rings. The Balaban J connectivity index is 2.42. The van der Waals surface area contributed by atoms with Crippen LogP contribution in [0.15, 0.2) is 36.4 Å². The molecule has 2 aromatic rings. The first kappa shape index (κ1) is 16.3. The minimum atomic E-state index is -3.57. The van der Waals surface area contributed by atoms with Crippen molar-refractivity contribution < 1.29 is 17.6 Å². The lowest BCUT2D eigenvalue weighted by Gasteiger charge is -2.13. The van der Waals surface area contributed by atoms with Gasteiger partial charge in [0, 0.05) is 22.6 Å². The van der Waals surface area contributed by atoms with E-state index < -0.39 is 21.1 Å². The van der Waals surface area contributed by atoms with Crippen LogP contribution in [0.1, 0.15) is 24.5 Å². The van der Waals surface area contributed by atoms with Crippen LogP contribution in [0.4, 0.5) is 17.6 Å². The van der Waals surface area contributed by atoms with Crippen molar-refractivity contribution in [3.8, 4) is 11.1 Å². The van der Waals surface area contributed by atoms with Crippen LogP contribution in [0, 0.1) is 11.6 Å². The predicted octanol–water partition coefficient (Wildman–Crippen LogP) is 6.07. The van der Waals surface area contributed by atoms with Gasteiger partial charge in [-0.15, -0.1) is 0 Å². The number of alkyl halides is 3. The fourth-order valence-electron chi connectivity index (χ4n) is 2.16. The van der Waals surface area contributed by atoms with Crippen molar-refractivity contribution in [3.05, 3.63) is 59.2 Å². The van der Waals surface area contributed by atoms with Gasteiger partial charge in [0.25, 0.3) is 0 Å². The van der Waals surface area contributed by atoms with Crippen molar-refractivity contribution in [2.75, 3.05) is 0 Å². The van der Waals surface area contributed by atoms with Crippen LogP contribution in [0.3, 0.4) is 0 Å². The molecule has 2 aromatic carbocycles. The van der Waals surface area contributed by atoms with E-state index >= 15 is 0 Å². The molecule has 0 spiro atoms. The molecule has 0 unspecified atom stereocenters. The first-order chi connectivity index (χ1) is 9.82. The Morgan fingerprint density at radius 1 is 0.952 bits per heavy atom. The Kier molecular flexibility index (Phi) is 4.91. The second-order valence-electron chi connectivity index (χ2n) is 4.76. The quantitative estimate of drug-likeness (QED) is 0.327. The van der Waals surface area contributed by atoms with E-state index in [1.165, 1.54) is 0 Å². The summed E-state index contributed by atoms with van der Waals surface area (Å²) in [5.41, 5.74) is 0.764. The second kappa shape index (κ2) is 6.34. The molecule has 0 nitrogen and oxygen atoms in total. The maximum atomic E-state index is 13.8. The topological polar surface area (TPSA) is 0 Å². The summed E-state index contributed by atoms with van der Waals surface area (Å²) in [7, 11) is 0. The molecular weight excluding hydrogens is 395 g/mol. The van der Waals surface area contributed by atoms with E-state index in [0.717, 1.165) is 53.1 Å². The average molecular weight is 408 g/mol. The van der Waals surface area contributed by atoms with Crippen molar-refractivity contribution in [3.63, 3.8) is 0 Å². The predicted molar refractivity (Wildman–Crippen MR) is 83.7 cm³/mol. The molecule has 0 amide bonds. The monoisotopic (exact) mass is 408 g/mol. The standard InChI is InChI=1S/C16H13F4I/c1-2-3-10-4-6-11(7-5-10)12-8-13(17)15(14(18)9-12)16(19,20)21/h4-9H,2-3H2,1H3. The summed E-state index contributed by atoms with van der Waals surface area (Å²) in [5.74, 6) is -2.47. The molecule has 0 radical (unpaired) electrons. The van der Waals surface area contributed by atoms with Gasteiger partial charge in [-0.05, 0) is 35.2 Å². The van der Waals surface area contributed by atoms with Gasteiger partial charge < -0.3 is 0 Å². The summed E-state index contributed by atoms with van der Waals surface area (Å²) in [4.78, 5) is 0. The lowest BCUT2D eigenvalue weighted by atomic mass is 10.0. The highest BCUT2D eigenvalue weighted by atomic mass is 127. The molecule has 0 saturated carbocycles. The number of rotatable bonds is 4. The van der Waals surface area contributed by atoms with Crippen LogP contribution in [0.5, 0.6) is 0 Å². The number of hydrogen-bond donors (Lipinski definition) is 0. The number of hydrogen-bond acceptors (Lipinski definition) is 0. The molecule has 0 saturated heterocycles. The molecule has 0 aliphatic rings. The molecular formula is C16H13F4I. The second-order valence-corrected chi connectivity index (χ2v) is 6.11. The van der Waals surface area contributed by atoms with E-state index in [2.05, 4.69) is 6.92 Å². The van der Waals surface area contributed by atoms with Crippen molar-refractivity contribution in [1.82, 2.24) is 0 Å². The van der Waals surface area contributed by atoms with Crippen LogP contribution < -0.4 is 0 Å². The Morgan fingerprint density at radius 3 is 1.90 bits per heavy atom. The third kappa shape index (κ3) is 3.75. The molecule has 0 aromatic heterocycles. The number of benzene rings is 2. The van der Waals surface area contributed by atoms with E-state index in [-0.39, 0.29) is 5.56 Å². The van der Waals surface area contributed by atoms with Gasteiger partial charge >= 0.3 is 3.93 Å². The van der Waals surface area contributed by atoms with Crippen molar-refractivity contribution in [1.29, 1.82) is 0 Å². The van der Waals surface area contributed by atoms with Gasteiger partial charge in [0.1, 0.15) is 17.2 Å². The van der Waals surface area contributed by atoms with E-state index in [1.807, 2.05) is 12.1 Å². The third-order valence-electron chi connectivity index (χ3n) is 3.15. The molecule has 21 heavy (non-hydrogen) atoms. The van der Waals surface area contributed by atoms with Gasteiger partial charge in [-0.1, -0.05) is 37.6 Å². The Labute approximate surface area is 134 Å². The third-order valence-corrected chi connectivity index (χ3v) is 3.69. The van der Waals surface area contributed by atoms with Crippen LogP contribution in [-0.4, -0.2) is 0 Å². The summed E-state index contributed by atoms with van der Waals surface area (Å²) in [6.45, 7) is 2.06. The maximum Gasteiger partial charge on any atom is 0.327 e. The summed E-state index contributed by atoms with van der Waals surface area (Å²) in [6.07, 6.45) is 1.92. The largest absolute Gasteiger partial charge is 0.327 e. The minimum absolute atomic E-state index is 0.248. The summed E-state index contributed by atoms with van der Waals surface area (Å²) in [6, 6.07) is 9.10. The van der Waals surface area contributed by atoms with E-state index in [4.69, 9.17) is 0 Å². The summed E-state index contributed by atoms with van der Waals surface area (Å²) >= 11 is 0.720. The Bertz CT molecular complexity index is 607. The van der Waals surface area contributed by atoms with Gasteiger partial charge in [0.15, 0.2) is 0 Å². The lowest BCUT2D eigenvalue weighted by Crippen LogP contribution is -2.09. The zero-order valence-corrected chi connectivity index (χ0v) is 13.4. The fraction of sp³-hybridized carbons (Fsp3) is 0.250. The fourth-order valence-corrected chi connectivity index (χ4v) is 2.68. The van der Waals surface area contributed by atoms with Crippen molar-refractivity contribution >= 4 is 22.6 Å². The minimum Gasteiger partial charge on any atom is -0.206 e. The number of aryl methyl sites for hydroxylation is 1. The Morgan fingerprint density at radius 2 is 1.48 bits per heavy atom. The van der Waals surface area contributed by atoms with Gasteiger partial charge in [0.05, 0.1) is 0 Å². The molecule has 5 heteroatoms. The van der Waals surface area contributed by atoms with Crippen LogP contribution in [0.2, 0.25) is 0 Å². The van der Waals surface area contributed by atoms with Gasteiger partial charge in [-0.3, -0.25) is 0 Å². The molecule has 0 atom stereocenters. The van der Waals surface area contributed by atoms with E-state index in [0.29, 0.717) is 5.56 Å². The molecule has 2 rings (SSSR count). The first-order valence-corrected chi connectivity index (χ1v) is 7.56. The van der Waals surface area contributed by atoms with Crippen LogP contribution in [0.25, 0.3) is 11.1 Å². The molecule has 112 valence electrons. The highest BCUT2D eigenvalue weighted by Gasteiger charge is 2.34. The molecule has 0 N–H and O–H groups in total. The maximum absolute atomic E-state index is 13.8. The SMILES string of the molecule is CCCc1ccc(-c2cc(F)c(C(F)(F)I)c(F)c2)cc1. The van der Waals surface area contributed by atoms with Crippen molar-refractivity contribution in [2.45, 2.75) is 23.7 Å². The van der Waals surface area contributed by atoms with Crippen LogP contribution >= 0.6 is 22.6 Å².